The van der Waals surface area contributed by atoms with Crippen LogP contribution >= 0.6 is 0 Å². The van der Waals surface area contributed by atoms with Crippen molar-refractivity contribution in [3.05, 3.63) is 70.7 Å². The van der Waals surface area contributed by atoms with Gasteiger partial charge in [-0.2, -0.15) is 0 Å². The normalized spacial score (nSPS) is 16.8. The van der Waals surface area contributed by atoms with Gasteiger partial charge in [-0.3, -0.25) is 9.69 Å². The zero-order valence-electron chi connectivity index (χ0n) is 17.3. The van der Waals surface area contributed by atoms with Gasteiger partial charge in [-0.1, -0.05) is 29.8 Å². The number of benzene rings is 2. The maximum Gasteiger partial charge on any atom is 0.217 e. The lowest BCUT2D eigenvalue weighted by Crippen LogP contribution is -2.52. The highest BCUT2D eigenvalue weighted by Gasteiger charge is 2.38. The predicted molar refractivity (Wildman–Crippen MR) is 114 cm³/mol. The van der Waals surface area contributed by atoms with Crippen LogP contribution in [0.1, 0.15) is 42.1 Å². The molecule has 3 aromatic rings. The van der Waals surface area contributed by atoms with E-state index in [2.05, 4.69) is 47.2 Å². The summed E-state index contributed by atoms with van der Waals surface area (Å²) in [4.78, 5) is 17.8. The van der Waals surface area contributed by atoms with Gasteiger partial charge in [-0.05, 0) is 50.5 Å². The molecule has 1 fully saturated rings. The van der Waals surface area contributed by atoms with Crippen molar-refractivity contribution in [2.24, 2.45) is 0 Å². The van der Waals surface area contributed by atoms with E-state index in [4.69, 9.17) is 0 Å². The van der Waals surface area contributed by atoms with Crippen LogP contribution in [0.4, 0.5) is 4.39 Å². The fourth-order valence-electron chi connectivity index (χ4n) is 4.62. The molecule has 5 heteroatoms. The van der Waals surface area contributed by atoms with E-state index in [0.717, 1.165) is 19.6 Å². The quantitative estimate of drug-likeness (QED) is 0.683. The lowest BCUT2D eigenvalue weighted by molar-refractivity contribution is -0.121. The number of halogens is 1. The SMILES string of the molecule is CC(=O)NC1(c2ccccc2F)CCN(Cc2[nH]c3ccc(C)cc3c2C)CC1. The second-order valence-electron chi connectivity index (χ2n) is 8.30. The third-order valence-corrected chi connectivity index (χ3v) is 6.21. The van der Waals surface area contributed by atoms with E-state index in [-0.39, 0.29) is 11.7 Å². The molecule has 2 heterocycles. The van der Waals surface area contributed by atoms with E-state index in [9.17, 15) is 9.18 Å². The van der Waals surface area contributed by atoms with Crippen LogP contribution < -0.4 is 5.32 Å². The molecule has 0 saturated carbocycles. The Labute approximate surface area is 171 Å². The lowest BCUT2D eigenvalue weighted by Gasteiger charge is -2.42. The van der Waals surface area contributed by atoms with Gasteiger partial charge >= 0.3 is 0 Å². The number of rotatable bonds is 4. The predicted octanol–water partition coefficient (Wildman–Crippen LogP) is 4.55. The molecule has 4 nitrogen and oxygen atoms in total. The minimum absolute atomic E-state index is 0.122. The van der Waals surface area contributed by atoms with Crippen molar-refractivity contribution in [1.82, 2.24) is 15.2 Å². The second-order valence-corrected chi connectivity index (χ2v) is 8.30. The molecule has 1 amide bonds. The molecule has 1 saturated heterocycles. The van der Waals surface area contributed by atoms with Gasteiger partial charge in [-0.25, -0.2) is 4.39 Å². The van der Waals surface area contributed by atoms with E-state index in [1.54, 1.807) is 12.1 Å². The molecule has 2 N–H and O–H groups in total. The zero-order chi connectivity index (χ0) is 20.6. The third-order valence-electron chi connectivity index (χ3n) is 6.21. The maximum atomic E-state index is 14.5. The summed E-state index contributed by atoms with van der Waals surface area (Å²) in [6.45, 7) is 8.20. The summed E-state index contributed by atoms with van der Waals surface area (Å²) >= 11 is 0. The number of aryl methyl sites for hydroxylation is 2. The summed E-state index contributed by atoms with van der Waals surface area (Å²) in [5.41, 5.74) is 4.89. The van der Waals surface area contributed by atoms with E-state index in [1.807, 2.05) is 6.07 Å². The Morgan fingerprint density at radius 3 is 2.59 bits per heavy atom. The van der Waals surface area contributed by atoms with Gasteiger partial charge in [0.25, 0.3) is 0 Å². The molecule has 0 unspecified atom stereocenters. The highest BCUT2D eigenvalue weighted by molar-refractivity contribution is 5.85. The molecule has 2 aromatic carbocycles. The Balaban J connectivity index is 1.54. The van der Waals surface area contributed by atoms with Crippen molar-refractivity contribution in [1.29, 1.82) is 0 Å². The molecule has 0 spiro atoms. The van der Waals surface area contributed by atoms with Gasteiger partial charge in [0.2, 0.25) is 5.91 Å². The van der Waals surface area contributed by atoms with Crippen LogP contribution in [0.2, 0.25) is 0 Å². The van der Waals surface area contributed by atoms with Crippen LogP contribution in [0.5, 0.6) is 0 Å². The van der Waals surface area contributed by atoms with Gasteiger partial charge in [0.15, 0.2) is 0 Å². The first kappa shape index (κ1) is 19.6. The molecule has 29 heavy (non-hydrogen) atoms. The number of piperidine rings is 1. The topological polar surface area (TPSA) is 48.1 Å². The van der Waals surface area contributed by atoms with E-state index in [0.29, 0.717) is 18.4 Å². The summed E-state index contributed by atoms with van der Waals surface area (Å²) in [6.07, 6.45) is 1.37. The number of nitrogens with zero attached hydrogens (tertiary/aromatic N) is 1. The highest BCUT2D eigenvalue weighted by Crippen LogP contribution is 2.35. The number of aromatic amines is 1. The van der Waals surface area contributed by atoms with Crippen molar-refractivity contribution in [3.8, 4) is 0 Å². The monoisotopic (exact) mass is 393 g/mol. The van der Waals surface area contributed by atoms with Crippen LogP contribution in [0.15, 0.2) is 42.5 Å². The molecule has 152 valence electrons. The number of fused-ring (bicyclic) bond motifs is 1. The summed E-state index contributed by atoms with van der Waals surface area (Å²) in [6, 6.07) is 13.3. The number of hydrogen-bond acceptors (Lipinski definition) is 2. The molecule has 1 aliphatic heterocycles. The molecular weight excluding hydrogens is 365 g/mol. The van der Waals surface area contributed by atoms with E-state index < -0.39 is 5.54 Å². The van der Waals surface area contributed by atoms with Gasteiger partial charge in [0.05, 0.1) is 5.54 Å². The van der Waals surface area contributed by atoms with Crippen LogP contribution in [0.25, 0.3) is 10.9 Å². The number of nitrogens with one attached hydrogen (secondary N) is 2. The standard InChI is InChI=1S/C24H28FN3O/c1-16-8-9-22-19(14-16)17(2)23(26-22)15-28-12-10-24(11-13-28,27-18(3)29)20-6-4-5-7-21(20)25/h4-9,14,26H,10-13,15H2,1-3H3,(H,27,29). The zero-order valence-corrected chi connectivity index (χ0v) is 17.3. The largest absolute Gasteiger partial charge is 0.357 e. The summed E-state index contributed by atoms with van der Waals surface area (Å²) in [5.74, 6) is -0.375. The van der Waals surface area contributed by atoms with Crippen molar-refractivity contribution in [2.75, 3.05) is 13.1 Å². The summed E-state index contributed by atoms with van der Waals surface area (Å²) < 4.78 is 14.5. The van der Waals surface area contributed by atoms with Crippen LogP contribution in [0, 0.1) is 19.7 Å². The number of carbonyl (C=O) groups is 1. The summed E-state index contributed by atoms with van der Waals surface area (Å²) in [7, 11) is 0. The molecule has 1 aliphatic rings. The minimum atomic E-state index is -0.639. The van der Waals surface area contributed by atoms with Crippen LogP contribution in [-0.4, -0.2) is 28.9 Å². The van der Waals surface area contributed by atoms with Crippen molar-refractivity contribution in [3.63, 3.8) is 0 Å². The fraction of sp³-hybridized carbons (Fsp3) is 0.375. The Hall–Kier alpha value is -2.66. The van der Waals surface area contributed by atoms with E-state index in [1.165, 1.54) is 40.7 Å². The molecule has 4 rings (SSSR count). The Morgan fingerprint density at radius 1 is 1.17 bits per heavy atom. The van der Waals surface area contributed by atoms with Gasteiger partial charge in [0.1, 0.15) is 5.82 Å². The number of amides is 1. The smallest absolute Gasteiger partial charge is 0.217 e. The number of aromatic nitrogens is 1. The number of carbonyl (C=O) groups excluding carboxylic acids is 1. The molecule has 0 radical (unpaired) electrons. The average molecular weight is 394 g/mol. The van der Waals surface area contributed by atoms with Crippen molar-refractivity contribution >= 4 is 16.8 Å². The van der Waals surface area contributed by atoms with Crippen LogP contribution in [0.3, 0.4) is 0 Å². The molecule has 0 bridgehead atoms. The lowest BCUT2D eigenvalue weighted by atomic mass is 9.80. The maximum absolute atomic E-state index is 14.5. The van der Waals surface area contributed by atoms with Gasteiger partial charge in [-0.15, -0.1) is 0 Å². The minimum Gasteiger partial charge on any atom is -0.357 e. The number of hydrogen-bond donors (Lipinski definition) is 2. The molecule has 0 aliphatic carbocycles. The first-order valence-electron chi connectivity index (χ1n) is 10.2. The van der Waals surface area contributed by atoms with Crippen LogP contribution in [-0.2, 0) is 16.9 Å². The fourth-order valence-corrected chi connectivity index (χ4v) is 4.62. The Morgan fingerprint density at radius 2 is 1.90 bits per heavy atom. The van der Waals surface area contributed by atoms with E-state index >= 15 is 0 Å². The number of H-pyrrole nitrogens is 1. The number of likely N-dealkylation sites (tertiary alicyclic amines) is 1. The first-order valence-corrected chi connectivity index (χ1v) is 10.2. The highest BCUT2D eigenvalue weighted by atomic mass is 19.1. The molecule has 0 atom stereocenters. The van der Waals surface area contributed by atoms with Crippen molar-refractivity contribution < 1.29 is 9.18 Å². The third kappa shape index (κ3) is 3.79. The Kier molecular flexibility index (Phi) is 5.17. The van der Waals surface area contributed by atoms with Crippen molar-refractivity contribution in [2.45, 2.75) is 45.7 Å². The summed E-state index contributed by atoms with van der Waals surface area (Å²) in [5, 5.41) is 4.34. The van der Waals surface area contributed by atoms with Gasteiger partial charge < -0.3 is 10.3 Å². The average Bonchev–Trinajstić information content (AvgIpc) is 2.99. The molecular formula is C24H28FN3O. The Bertz CT molecular complexity index is 1050. The first-order chi connectivity index (χ1) is 13.9. The second kappa shape index (κ2) is 7.64. The van der Waals surface area contributed by atoms with Gasteiger partial charge in [0, 0.05) is 48.7 Å². The molecule has 1 aromatic heterocycles.